The van der Waals surface area contributed by atoms with E-state index in [2.05, 4.69) is 5.32 Å². The van der Waals surface area contributed by atoms with Gasteiger partial charge in [0.1, 0.15) is 5.25 Å². The van der Waals surface area contributed by atoms with Gasteiger partial charge in [-0.2, -0.15) is 0 Å². The van der Waals surface area contributed by atoms with Crippen LogP contribution < -0.4 is 14.8 Å². The highest BCUT2D eigenvalue weighted by atomic mass is 32.2. The molecule has 0 fully saturated rings. The molecule has 0 bridgehead atoms. The molecule has 0 radical (unpaired) electrons. The van der Waals surface area contributed by atoms with Crippen LogP contribution in [0.3, 0.4) is 0 Å². The van der Waals surface area contributed by atoms with Crippen LogP contribution >= 0.6 is 11.8 Å². The van der Waals surface area contributed by atoms with Crippen molar-refractivity contribution in [3.63, 3.8) is 0 Å². The molecule has 0 spiro atoms. The number of aliphatic carboxylic acids is 1. The standard InChI is InChI=1S/C31H27NO7S/c1-19-4-10-22(11-5-19)29(36)38-24-14-8-21(18-25(24)39-30(37)23-12-6-20(2)7-13-23)9-15-26(33)32-31(3)16-17-40-27(31)28(34)35/h4-18,27H,1-3H3,(H,32,33)(H,34,35)/b15-9+. The van der Waals surface area contributed by atoms with Crippen LogP contribution in [-0.4, -0.2) is 39.7 Å². The van der Waals surface area contributed by atoms with Gasteiger partial charge in [0, 0.05) is 6.08 Å². The number of hydrogen-bond acceptors (Lipinski definition) is 7. The first kappa shape index (κ1) is 28.4. The predicted octanol–water partition coefficient (Wildman–Crippen LogP) is 5.34. The topological polar surface area (TPSA) is 119 Å². The lowest BCUT2D eigenvalue weighted by Crippen LogP contribution is -2.52. The van der Waals surface area contributed by atoms with Crippen molar-refractivity contribution in [2.75, 3.05) is 0 Å². The largest absolute Gasteiger partial charge is 0.480 e. The first-order valence-corrected chi connectivity index (χ1v) is 13.3. The molecule has 2 atom stereocenters. The molecule has 0 aliphatic carbocycles. The zero-order valence-corrected chi connectivity index (χ0v) is 22.9. The van der Waals surface area contributed by atoms with Gasteiger partial charge >= 0.3 is 17.9 Å². The smallest absolute Gasteiger partial charge is 0.343 e. The monoisotopic (exact) mass is 557 g/mol. The summed E-state index contributed by atoms with van der Waals surface area (Å²) in [5, 5.41) is 13.0. The van der Waals surface area contributed by atoms with Crippen molar-refractivity contribution in [2.24, 2.45) is 0 Å². The summed E-state index contributed by atoms with van der Waals surface area (Å²) in [5.41, 5.74) is 2.03. The lowest BCUT2D eigenvalue weighted by atomic mass is 9.97. The van der Waals surface area contributed by atoms with E-state index in [0.717, 1.165) is 22.9 Å². The molecule has 204 valence electrons. The van der Waals surface area contributed by atoms with Crippen LogP contribution in [-0.2, 0) is 9.59 Å². The minimum absolute atomic E-state index is 0.0124. The van der Waals surface area contributed by atoms with Gasteiger partial charge in [0.2, 0.25) is 5.91 Å². The van der Waals surface area contributed by atoms with Gasteiger partial charge in [0.05, 0.1) is 16.7 Å². The van der Waals surface area contributed by atoms with Gasteiger partial charge in [-0.1, -0.05) is 47.5 Å². The normalized spacial score (nSPS) is 17.9. The maximum Gasteiger partial charge on any atom is 0.343 e. The summed E-state index contributed by atoms with van der Waals surface area (Å²) in [5.74, 6) is -2.80. The number of carbonyl (C=O) groups is 4. The van der Waals surface area contributed by atoms with Crippen LogP contribution in [0.15, 0.2) is 84.3 Å². The van der Waals surface area contributed by atoms with E-state index in [9.17, 15) is 24.3 Å². The van der Waals surface area contributed by atoms with Crippen molar-refractivity contribution in [3.8, 4) is 11.5 Å². The fourth-order valence-corrected chi connectivity index (χ4v) is 4.93. The molecule has 3 aromatic rings. The van der Waals surface area contributed by atoms with Gasteiger partial charge in [-0.25, -0.2) is 9.59 Å². The molecule has 0 saturated heterocycles. The van der Waals surface area contributed by atoms with Gasteiger partial charge in [-0.3, -0.25) is 9.59 Å². The predicted molar refractivity (Wildman–Crippen MR) is 152 cm³/mol. The van der Waals surface area contributed by atoms with Gasteiger partial charge in [0.15, 0.2) is 11.5 Å². The number of hydrogen-bond donors (Lipinski definition) is 2. The number of benzene rings is 3. The quantitative estimate of drug-likeness (QED) is 0.216. The molecule has 0 saturated carbocycles. The Morgan fingerprint density at radius 2 is 1.40 bits per heavy atom. The Kier molecular flexibility index (Phi) is 8.55. The van der Waals surface area contributed by atoms with E-state index in [4.69, 9.17) is 9.47 Å². The summed E-state index contributed by atoms with van der Waals surface area (Å²) in [6.07, 6.45) is 4.37. The Labute approximate surface area is 235 Å². The number of amides is 1. The number of ether oxygens (including phenoxy) is 2. The Hall–Kier alpha value is -4.63. The first-order chi connectivity index (χ1) is 19.0. The molecule has 2 N–H and O–H groups in total. The van der Waals surface area contributed by atoms with Crippen LogP contribution in [0.5, 0.6) is 11.5 Å². The van der Waals surface area contributed by atoms with E-state index >= 15 is 0 Å². The van der Waals surface area contributed by atoms with Crippen LogP contribution in [0.1, 0.15) is 44.3 Å². The van der Waals surface area contributed by atoms with Gasteiger partial charge in [-0.15, -0.1) is 11.8 Å². The van der Waals surface area contributed by atoms with Gasteiger partial charge in [0.25, 0.3) is 0 Å². The molecular formula is C31H27NO7S. The Morgan fingerprint density at radius 3 is 1.95 bits per heavy atom. The van der Waals surface area contributed by atoms with Gasteiger partial charge in [-0.05, 0) is 74.2 Å². The highest BCUT2D eigenvalue weighted by Gasteiger charge is 2.41. The third-order valence-corrected chi connectivity index (χ3v) is 7.42. The summed E-state index contributed by atoms with van der Waals surface area (Å²) in [6.45, 7) is 5.43. The van der Waals surface area contributed by atoms with Crippen molar-refractivity contribution in [3.05, 3.63) is 112 Å². The molecular weight excluding hydrogens is 530 g/mol. The average molecular weight is 558 g/mol. The lowest BCUT2D eigenvalue weighted by molar-refractivity contribution is -0.137. The molecule has 40 heavy (non-hydrogen) atoms. The van der Waals surface area contributed by atoms with Crippen molar-refractivity contribution >= 4 is 41.7 Å². The highest BCUT2D eigenvalue weighted by molar-refractivity contribution is 8.03. The third-order valence-electron chi connectivity index (χ3n) is 6.17. The summed E-state index contributed by atoms with van der Waals surface area (Å²) in [6, 6.07) is 18.2. The fraction of sp³-hybridized carbons (Fsp3) is 0.161. The van der Waals surface area contributed by atoms with E-state index in [1.54, 1.807) is 73.0 Å². The van der Waals surface area contributed by atoms with Crippen LogP contribution in [0, 0.1) is 13.8 Å². The van der Waals surface area contributed by atoms with E-state index in [1.807, 2.05) is 13.8 Å². The Balaban J connectivity index is 1.57. The third kappa shape index (κ3) is 6.86. The Morgan fingerprint density at radius 1 is 0.850 bits per heavy atom. The number of thioether (sulfide) groups is 1. The second-order valence-corrected chi connectivity index (χ2v) is 10.5. The van der Waals surface area contributed by atoms with Crippen molar-refractivity contribution in [1.29, 1.82) is 0 Å². The second-order valence-electron chi connectivity index (χ2n) is 9.48. The number of esters is 2. The zero-order valence-electron chi connectivity index (χ0n) is 22.0. The first-order valence-electron chi connectivity index (χ1n) is 12.3. The second kappa shape index (κ2) is 12.0. The van der Waals surface area contributed by atoms with E-state index in [-0.39, 0.29) is 11.5 Å². The SMILES string of the molecule is Cc1ccc(C(=O)Oc2ccc(/C=C/C(=O)NC3(C)C=CSC3C(=O)O)cc2OC(=O)c2ccc(C)cc2)cc1. The van der Waals surface area contributed by atoms with E-state index in [1.165, 1.54) is 24.3 Å². The fourth-order valence-electron chi connectivity index (χ4n) is 3.88. The van der Waals surface area contributed by atoms with Crippen molar-refractivity contribution in [1.82, 2.24) is 5.32 Å². The minimum Gasteiger partial charge on any atom is -0.480 e. The lowest BCUT2D eigenvalue weighted by Gasteiger charge is -2.27. The molecule has 1 aliphatic heterocycles. The number of carboxylic acids is 1. The Bertz CT molecular complexity index is 1510. The zero-order chi connectivity index (χ0) is 28.9. The minimum atomic E-state index is -1.05. The number of carboxylic acid groups (broad SMARTS) is 1. The molecule has 1 amide bonds. The number of nitrogens with one attached hydrogen (secondary N) is 1. The summed E-state index contributed by atoms with van der Waals surface area (Å²) >= 11 is 1.12. The number of carbonyl (C=O) groups excluding carboxylic acids is 3. The molecule has 0 aromatic heterocycles. The highest BCUT2D eigenvalue weighted by Crippen LogP contribution is 2.34. The van der Waals surface area contributed by atoms with Crippen LogP contribution in [0.4, 0.5) is 0 Å². The summed E-state index contributed by atoms with van der Waals surface area (Å²) in [7, 11) is 0. The summed E-state index contributed by atoms with van der Waals surface area (Å²) < 4.78 is 11.2. The van der Waals surface area contributed by atoms with Crippen molar-refractivity contribution < 1.29 is 33.8 Å². The molecule has 1 aliphatic rings. The molecule has 9 heteroatoms. The molecule has 4 rings (SSSR count). The van der Waals surface area contributed by atoms with E-state index in [0.29, 0.717) is 16.7 Å². The van der Waals surface area contributed by atoms with Crippen molar-refractivity contribution in [2.45, 2.75) is 31.6 Å². The maximum atomic E-state index is 12.9. The van der Waals surface area contributed by atoms with Crippen LogP contribution in [0.2, 0.25) is 0 Å². The number of aryl methyl sites for hydroxylation is 2. The molecule has 2 unspecified atom stereocenters. The summed E-state index contributed by atoms with van der Waals surface area (Å²) in [4.78, 5) is 49.8. The average Bonchev–Trinajstić information content (AvgIpc) is 3.30. The number of rotatable bonds is 8. The van der Waals surface area contributed by atoms with Gasteiger partial charge < -0.3 is 19.9 Å². The molecule has 3 aromatic carbocycles. The van der Waals surface area contributed by atoms with E-state index < -0.39 is 34.6 Å². The maximum absolute atomic E-state index is 12.9. The molecule has 1 heterocycles. The van der Waals surface area contributed by atoms with Crippen LogP contribution in [0.25, 0.3) is 6.08 Å². The molecule has 8 nitrogen and oxygen atoms in total.